The quantitative estimate of drug-likeness (QED) is 0.761. The highest BCUT2D eigenvalue weighted by Gasteiger charge is 2.32. The van der Waals surface area contributed by atoms with Crippen molar-refractivity contribution in [2.45, 2.75) is 33.2 Å². The zero-order valence-corrected chi connectivity index (χ0v) is 16.2. The van der Waals surface area contributed by atoms with Crippen molar-refractivity contribution in [1.29, 1.82) is 0 Å². The van der Waals surface area contributed by atoms with E-state index in [0.29, 0.717) is 13.0 Å². The van der Waals surface area contributed by atoms with Crippen molar-refractivity contribution in [3.63, 3.8) is 0 Å². The first-order valence-corrected chi connectivity index (χ1v) is 10.8. The maximum absolute atomic E-state index is 12.3. The van der Waals surface area contributed by atoms with Gasteiger partial charge in [0.15, 0.2) is 9.84 Å². The molecule has 1 aromatic carbocycles. The summed E-state index contributed by atoms with van der Waals surface area (Å²) in [5, 5.41) is 2.90. The van der Waals surface area contributed by atoms with E-state index >= 15 is 0 Å². The van der Waals surface area contributed by atoms with Crippen molar-refractivity contribution in [3.05, 3.63) is 24.3 Å². The van der Waals surface area contributed by atoms with Gasteiger partial charge in [0.2, 0.25) is 5.91 Å². The Bertz CT molecular complexity index is 669. The van der Waals surface area contributed by atoms with E-state index in [9.17, 15) is 13.2 Å². The summed E-state index contributed by atoms with van der Waals surface area (Å²) >= 11 is 0. The minimum absolute atomic E-state index is 0.0502. The fourth-order valence-corrected chi connectivity index (χ4v) is 5.05. The van der Waals surface area contributed by atoms with Crippen molar-refractivity contribution in [2.24, 2.45) is 0 Å². The van der Waals surface area contributed by atoms with E-state index in [2.05, 4.69) is 24.1 Å². The predicted molar refractivity (Wildman–Crippen MR) is 103 cm³/mol. The van der Waals surface area contributed by atoms with E-state index in [1.165, 1.54) is 0 Å². The van der Waals surface area contributed by atoms with Crippen LogP contribution in [0.2, 0.25) is 0 Å². The topological polar surface area (TPSA) is 69.7 Å². The molecule has 140 valence electrons. The van der Waals surface area contributed by atoms with Gasteiger partial charge in [-0.1, -0.05) is 6.92 Å². The lowest BCUT2D eigenvalue weighted by Crippen LogP contribution is -2.41. The van der Waals surface area contributed by atoms with Gasteiger partial charge in [0.05, 0.1) is 18.1 Å². The zero-order chi connectivity index (χ0) is 18.4. The summed E-state index contributed by atoms with van der Waals surface area (Å²) in [6, 6.07) is 7.77. The van der Waals surface area contributed by atoms with Gasteiger partial charge in [-0.15, -0.1) is 0 Å². The fraction of sp³-hybridized carbons (Fsp3) is 0.611. The Morgan fingerprint density at radius 3 is 2.24 bits per heavy atom. The zero-order valence-electron chi connectivity index (χ0n) is 15.4. The summed E-state index contributed by atoms with van der Waals surface area (Å²) in [6.45, 7) is 8.94. The molecular formula is C18H29N3O3S. The molecule has 1 fully saturated rings. The van der Waals surface area contributed by atoms with Gasteiger partial charge in [0.25, 0.3) is 0 Å². The van der Waals surface area contributed by atoms with Gasteiger partial charge in [0, 0.05) is 30.5 Å². The van der Waals surface area contributed by atoms with Crippen molar-refractivity contribution < 1.29 is 13.2 Å². The fourth-order valence-electron chi connectivity index (χ4n) is 3.29. The number of amides is 1. The van der Waals surface area contributed by atoms with Crippen LogP contribution in [0.25, 0.3) is 0 Å². The molecule has 1 aromatic rings. The number of nitrogens with zero attached hydrogens (tertiary/aromatic N) is 2. The number of benzene rings is 1. The van der Waals surface area contributed by atoms with Crippen LogP contribution in [0.5, 0.6) is 0 Å². The lowest BCUT2D eigenvalue weighted by Gasteiger charge is -2.25. The predicted octanol–water partition coefficient (Wildman–Crippen LogP) is 1.98. The van der Waals surface area contributed by atoms with Crippen LogP contribution in [0.3, 0.4) is 0 Å². The molecule has 1 saturated heterocycles. The van der Waals surface area contributed by atoms with Crippen LogP contribution in [0.15, 0.2) is 24.3 Å². The lowest BCUT2D eigenvalue weighted by molar-refractivity contribution is -0.117. The van der Waals surface area contributed by atoms with Crippen molar-refractivity contribution in [1.82, 2.24) is 4.90 Å². The number of sulfone groups is 1. The van der Waals surface area contributed by atoms with E-state index in [1.807, 2.05) is 36.1 Å². The normalized spacial score (nSPS) is 19.1. The number of anilines is 2. The summed E-state index contributed by atoms with van der Waals surface area (Å²) in [7, 11) is -2.94. The molecule has 1 amide bonds. The molecule has 25 heavy (non-hydrogen) atoms. The molecular weight excluding hydrogens is 338 g/mol. The van der Waals surface area contributed by atoms with Gasteiger partial charge in [-0.05, 0) is 51.1 Å². The molecule has 1 atom stereocenters. The van der Waals surface area contributed by atoms with Gasteiger partial charge in [-0.25, -0.2) is 8.42 Å². The molecule has 7 heteroatoms. The Kier molecular flexibility index (Phi) is 6.84. The number of likely N-dealkylation sites (N-methyl/N-ethyl adjacent to an activating group) is 1. The highest BCUT2D eigenvalue weighted by Crippen LogP contribution is 2.19. The largest absolute Gasteiger partial charge is 0.372 e. The molecule has 0 saturated carbocycles. The molecule has 2 rings (SSSR count). The smallest absolute Gasteiger partial charge is 0.238 e. The molecule has 0 aromatic heterocycles. The maximum Gasteiger partial charge on any atom is 0.238 e. The molecule has 1 aliphatic heterocycles. The van der Waals surface area contributed by atoms with Gasteiger partial charge in [0.1, 0.15) is 0 Å². The van der Waals surface area contributed by atoms with Crippen LogP contribution in [-0.2, 0) is 14.6 Å². The Hall–Kier alpha value is -1.60. The second-order valence-electron chi connectivity index (χ2n) is 6.39. The number of carbonyl (C=O) groups is 1. The summed E-state index contributed by atoms with van der Waals surface area (Å²) in [6.07, 6.45) is 0.613. The van der Waals surface area contributed by atoms with E-state index in [1.54, 1.807) is 0 Å². The van der Waals surface area contributed by atoms with Crippen molar-refractivity contribution in [2.75, 3.05) is 47.9 Å². The molecule has 1 unspecified atom stereocenters. The average molecular weight is 368 g/mol. The first-order valence-electron chi connectivity index (χ1n) is 8.97. The van der Waals surface area contributed by atoms with E-state index in [-0.39, 0.29) is 30.0 Å². The Labute approximate surface area is 151 Å². The number of rotatable bonds is 8. The number of carbonyl (C=O) groups excluding carboxylic acids is 1. The van der Waals surface area contributed by atoms with Crippen molar-refractivity contribution in [3.8, 4) is 0 Å². The molecule has 0 bridgehead atoms. The maximum atomic E-state index is 12.3. The highest BCUT2D eigenvalue weighted by atomic mass is 32.2. The van der Waals surface area contributed by atoms with E-state index in [0.717, 1.165) is 24.5 Å². The minimum Gasteiger partial charge on any atom is -0.372 e. The molecule has 1 N–H and O–H groups in total. The molecule has 6 nitrogen and oxygen atoms in total. The van der Waals surface area contributed by atoms with Gasteiger partial charge in [-0.3, -0.25) is 9.69 Å². The third kappa shape index (κ3) is 5.44. The standard InChI is InChI=1S/C18H29N3O3S/c1-4-20(5-2)16-9-7-15(8-10-16)19-18(22)13-21(6-3)17-11-12-25(23,24)14-17/h7-10,17H,4-6,11-14H2,1-3H3,(H,19,22). The summed E-state index contributed by atoms with van der Waals surface area (Å²) in [4.78, 5) is 16.5. The molecule has 0 aliphatic carbocycles. The molecule has 0 spiro atoms. The molecule has 1 heterocycles. The lowest BCUT2D eigenvalue weighted by atomic mass is 10.2. The molecule has 0 radical (unpaired) electrons. The van der Waals surface area contributed by atoms with Crippen LogP contribution < -0.4 is 10.2 Å². The Balaban J connectivity index is 1.92. The monoisotopic (exact) mass is 367 g/mol. The van der Waals surface area contributed by atoms with Crippen LogP contribution >= 0.6 is 0 Å². The summed E-state index contributed by atoms with van der Waals surface area (Å²) in [5.74, 6) is 0.275. The summed E-state index contributed by atoms with van der Waals surface area (Å²) in [5.41, 5.74) is 1.89. The van der Waals surface area contributed by atoms with Gasteiger partial charge >= 0.3 is 0 Å². The number of nitrogens with one attached hydrogen (secondary N) is 1. The second-order valence-corrected chi connectivity index (χ2v) is 8.62. The number of hydrogen-bond donors (Lipinski definition) is 1. The second kappa shape index (κ2) is 8.67. The number of hydrogen-bond acceptors (Lipinski definition) is 5. The highest BCUT2D eigenvalue weighted by molar-refractivity contribution is 7.91. The van der Waals surface area contributed by atoms with Crippen LogP contribution in [0.4, 0.5) is 11.4 Å². The third-order valence-corrected chi connectivity index (χ3v) is 6.51. The Morgan fingerprint density at radius 1 is 1.12 bits per heavy atom. The van der Waals surface area contributed by atoms with E-state index in [4.69, 9.17) is 0 Å². The minimum atomic E-state index is -2.94. The third-order valence-electron chi connectivity index (χ3n) is 4.76. The van der Waals surface area contributed by atoms with Crippen LogP contribution in [0, 0.1) is 0 Å². The first kappa shape index (κ1) is 19.7. The van der Waals surface area contributed by atoms with E-state index < -0.39 is 9.84 Å². The molecule has 1 aliphatic rings. The van der Waals surface area contributed by atoms with Gasteiger partial charge < -0.3 is 10.2 Å². The van der Waals surface area contributed by atoms with Gasteiger partial charge in [-0.2, -0.15) is 0 Å². The van der Waals surface area contributed by atoms with Crippen LogP contribution in [-0.4, -0.2) is 63.0 Å². The summed E-state index contributed by atoms with van der Waals surface area (Å²) < 4.78 is 23.3. The van der Waals surface area contributed by atoms with Crippen molar-refractivity contribution >= 4 is 27.1 Å². The van der Waals surface area contributed by atoms with Crippen LogP contribution in [0.1, 0.15) is 27.2 Å². The SMILES string of the molecule is CCN(CC)c1ccc(NC(=O)CN(CC)C2CCS(=O)(=O)C2)cc1. The first-order chi connectivity index (χ1) is 11.9. The Morgan fingerprint density at radius 2 is 1.76 bits per heavy atom. The average Bonchev–Trinajstić information content (AvgIpc) is 2.95.